The Labute approximate surface area is 170 Å². The average molecular weight is 416 g/mol. The van der Waals surface area contributed by atoms with Crippen molar-refractivity contribution in [2.75, 3.05) is 16.4 Å². The molecule has 0 saturated carbocycles. The van der Waals surface area contributed by atoms with E-state index < -0.39 is 15.9 Å². The van der Waals surface area contributed by atoms with Crippen LogP contribution in [0.3, 0.4) is 0 Å². The van der Waals surface area contributed by atoms with Crippen molar-refractivity contribution in [3.63, 3.8) is 0 Å². The molecule has 4 rings (SSSR count). The number of para-hydroxylation sites is 1. The van der Waals surface area contributed by atoms with Crippen LogP contribution >= 0.6 is 0 Å². The van der Waals surface area contributed by atoms with Gasteiger partial charge in [0.05, 0.1) is 23.2 Å². The molecule has 0 spiro atoms. The Balaban J connectivity index is 1.64. The molecule has 1 atom stereocenters. The number of rotatable bonds is 4. The molecule has 7 nitrogen and oxygen atoms in total. The molecule has 0 radical (unpaired) electrons. The van der Waals surface area contributed by atoms with Crippen molar-refractivity contribution in [2.45, 2.75) is 51.1 Å². The zero-order valence-electron chi connectivity index (χ0n) is 16.3. The van der Waals surface area contributed by atoms with E-state index in [1.165, 1.54) is 9.58 Å². The van der Waals surface area contributed by atoms with Crippen molar-refractivity contribution in [1.82, 2.24) is 9.78 Å². The smallest absolute Gasteiger partial charge is 0.267 e. The number of hydrogen-bond donors (Lipinski definition) is 0. The summed E-state index contributed by atoms with van der Waals surface area (Å²) < 4.78 is 25.2. The number of aromatic nitrogens is 2. The average Bonchev–Trinajstić information content (AvgIpc) is 2.89. The summed E-state index contributed by atoms with van der Waals surface area (Å²) in [7, 11) is -3.16. The third-order valence-corrected chi connectivity index (χ3v) is 7.44. The molecule has 2 aliphatic rings. The molecule has 2 aromatic rings. The van der Waals surface area contributed by atoms with Gasteiger partial charge in [-0.25, -0.2) is 13.1 Å². The molecule has 1 amide bonds. The van der Waals surface area contributed by atoms with Crippen LogP contribution in [0.1, 0.15) is 36.9 Å². The minimum absolute atomic E-state index is 0.0554. The molecular weight excluding hydrogens is 390 g/mol. The van der Waals surface area contributed by atoms with Crippen LogP contribution in [0.2, 0.25) is 0 Å². The Morgan fingerprint density at radius 1 is 1.14 bits per heavy atom. The van der Waals surface area contributed by atoms with Gasteiger partial charge in [-0.3, -0.25) is 9.59 Å². The lowest BCUT2D eigenvalue weighted by Crippen LogP contribution is -2.44. The fraction of sp³-hybridized carbons (Fsp3) is 0.476. The van der Waals surface area contributed by atoms with Crippen molar-refractivity contribution in [3.8, 4) is 0 Å². The van der Waals surface area contributed by atoms with Crippen LogP contribution in [-0.4, -0.2) is 41.7 Å². The Hall–Kier alpha value is -2.48. The SMILES string of the molecule is O=C(Cn1nc2c(cc1=O)CCCCC2)N(c1ccccc1)C1CCS(=O)(=O)C1. The largest absolute Gasteiger partial charge is 0.307 e. The first-order valence-electron chi connectivity index (χ1n) is 10.1. The standard InChI is InChI=1S/C21H25N3O4S/c25-20-13-16-7-3-1-6-10-19(16)22-23(20)14-21(26)24(17-8-4-2-5-9-17)18-11-12-29(27,28)15-18/h2,4-5,8-9,13,18H,1,3,6-7,10-12,14-15H2. The summed E-state index contributed by atoms with van der Waals surface area (Å²) >= 11 is 0. The van der Waals surface area contributed by atoms with Gasteiger partial charge in [0, 0.05) is 11.8 Å². The first-order valence-corrected chi connectivity index (χ1v) is 11.9. The number of fused-ring (bicyclic) bond motifs is 1. The zero-order chi connectivity index (χ0) is 20.4. The molecule has 29 heavy (non-hydrogen) atoms. The van der Waals surface area contributed by atoms with Gasteiger partial charge in [-0.15, -0.1) is 0 Å². The number of benzene rings is 1. The van der Waals surface area contributed by atoms with E-state index in [4.69, 9.17) is 0 Å². The lowest BCUT2D eigenvalue weighted by Gasteiger charge is -2.28. The van der Waals surface area contributed by atoms with E-state index in [9.17, 15) is 18.0 Å². The van der Waals surface area contributed by atoms with E-state index >= 15 is 0 Å². The first-order chi connectivity index (χ1) is 13.9. The molecule has 0 bridgehead atoms. The molecule has 154 valence electrons. The van der Waals surface area contributed by atoms with Gasteiger partial charge in [0.2, 0.25) is 5.91 Å². The summed E-state index contributed by atoms with van der Waals surface area (Å²) in [5.74, 6) is -0.299. The maximum atomic E-state index is 13.2. The summed E-state index contributed by atoms with van der Waals surface area (Å²) in [5, 5.41) is 4.48. The molecule has 1 aromatic carbocycles. The number of anilines is 1. The van der Waals surface area contributed by atoms with Gasteiger partial charge < -0.3 is 4.90 Å². The van der Waals surface area contributed by atoms with E-state index in [-0.39, 0.29) is 29.5 Å². The summed E-state index contributed by atoms with van der Waals surface area (Å²) in [5.41, 5.74) is 2.23. The molecule has 0 N–H and O–H groups in total. The van der Waals surface area contributed by atoms with Crippen LogP contribution in [0.5, 0.6) is 0 Å². The summed E-state index contributed by atoms with van der Waals surface area (Å²) in [6.07, 6.45) is 5.25. The lowest BCUT2D eigenvalue weighted by atomic mass is 10.1. The number of amides is 1. The minimum atomic E-state index is -3.16. The Morgan fingerprint density at radius 3 is 2.62 bits per heavy atom. The number of hydrogen-bond acceptors (Lipinski definition) is 5. The molecule has 1 saturated heterocycles. The summed E-state index contributed by atoms with van der Waals surface area (Å²) in [6.45, 7) is -0.197. The van der Waals surface area contributed by atoms with Gasteiger partial charge in [-0.2, -0.15) is 5.10 Å². The molecule has 1 aliphatic heterocycles. The van der Waals surface area contributed by atoms with Crippen LogP contribution in [0.4, 0.5) is 5.69 Å². The second-order valence-corrected chi connectivity index (χ2v) is 10.1. The van der Waals surface area contributed by atoms with E-state index in [0.29, 0.717) is 12.1 Å². The summed E-state index contributed by atoms with van der Waals surface area (Å²) in [4.78, 5) is 27.3. The van der Waals surface area contributed by atoms with E-state index in [1.807, 2.05) is 18.2 Å². The molecule has 1 fully saturated rings. The highest BCUT2D eigenvalue weighted by Gasteiger charge is 2.35. The van der Waals surface area contributed by atoms with Crippen molar-refractivity contribution in [1.29, 1.82) is 0 Å². The highest BCUT2D eigenvalue weighted by Crippen LogP contribution is 2.25. The highest BCUT2D eigenvalue weighted by atomic mass is 32.2. The third-order valence-electron chi connectivity index (χ3n) is 5.69. The summed E-state index contributed by atoms with van der Waals surface area (Å²) in [6, 6.07) is 10.2. The fourth-order valence-corrected chi connectivity index (χ4v) is 5.92. The Bertz CT molecular complexity index is 1060. The van der Waals surface area contributed by atoms with Gasteiger partial charge >= 0.3 is 0 Å². The van der Waals surface area contributed by atoms with Gasteiger partial charge in [-0.05, 0) is 49.8 Å². The zero-order valence-corrected chi connectivity index (χ0v) is 17.1. The van der Waals surface area contributed by atoms with Crippen LogP contribution in [0.15, 0.2) is 41.2 Å². The normalized spacial score (nSPS) is 20.6. The van der Waals surface area contributed by atoms with Crippen LogP contribution in [0.25, 0.3) is 0 Å². The predicted molar refractivity (Wildman–Crippen MR) is 111 cm³/mol. The van der Waals surface area contributed by atoms with Gasteiger partial charge in [-0.1, -0.05) is 24.6 Å². The second-order valence-electron chi connectivity index (χ2n) is 7.83. The molecule has 1 aliphatic carbocycles. The monoisotopic (exact) mass is 415 g/mol. The van der Waals surface area contributed by atoms with E-state index in [1.54, 1.807) is 18.2 Å². The number of nitrogens with zero attached hydrogens (tertiary/aromatic N) is 3. The predicted octanol–water partition coefficient (Wildman–Crippen LogP) is 1.73. The topological polar surface area (TPSA) is 89.3 Å². The number of aryl methyl sites for hydroxylation is 2. The number of sulfone groups is 1. The second kappa shape index (κ2) is 8.10. The molecular formula is C21H25N3O4S. The van der Waals surface area contributed by atoms with Gasteiger partial charge in [0.1, 0.15) is 6.54 Å². The van der Waals surface area contributed by atoms with Gasteiger partial charge in [0.25, 0.3) is 5.56 Å². The molecule has 2 heterocycles. The van der Waals surface area contributed by atoms with Crippen molar-refractivity contribution >= 4 is 21.4 Å². The third kappa shape index (κ3) is 4.42. The Morgan fingerprint density at radius 2 is 1.90 bits per heavy atom. The maximum Gasteiger partial charge on any atom is 0.267 e. The maximum absolute atomic E-state index is 13.2. The number of carbonyl (C=O) groups excluding carboxylic acids is 1. The first kappa shape index (κ1) is 19.8. The lowest BCUT2D eigenvalue weighted by molar-refractivity contribution is -0.119. The quantitative estimate of drug-likeness (QED) is 0.710. The fourth-order valence-electron chi connectivity index (χ4n) is 4.22. The molecule has 1 unspecified atom stereocenters. The van der Waals surface area contributed by atoms with Crippen molar-refractivity contribution in [3.05, 3.63) is 58.0 Å². The van der Waals surface area contributed by atoms with Crippen molar-refractivity contribution in [2.24, 2.45) is 0 Å². The Kier molecular flexibility index (Phi) is 5.54. The highest BCUT2D eigenvalue weighted by molar-refractivity contribution is 7.91. The van der Waals surface area contributed by atoms with Crippen LogP contribution < -0.4 is 10.5 Å². The van der Waals surface area contributed by atoms with Crippen molar-refractivity contribution < 1.29 is 13.2 Å². The van der Waals surface area contributed by atoms with E-state index in [2.05, 4.69) is 5.10 Å². The number of carbonyl (C=O) groups is 1. The van der Waals surface area contributed by atoms with Crippen LogP contribution in [0, 0.1) is 0 Å². The van der Waals surface area contributed by atoms with Gasteiger partial charge in [0.15, 0.2) is 9.84 Å². The van der Waals surface area contributed by atoms with E-state index in [0.717, 1.165) is 43.4 Å². The van der Waals surface area contributed by atoms with Crippen LogP contribution in [-0.2, 0) is 34.0 Å². The molecule has 8 heteroatoms. The minimum Gasteiger partial charge on any atom is -0.307 e. The molecule has 1 aromatic heterocycles.